The largest absolute Gasteiger partial charge is 0.352 e. The second-order valence-electron chi connectivity index (χ2n) is 6.68. The van der Waals surface area contributed by atoms with Gasteiger partial charge in [0.2, 0.25) is 5.91 Å². The van der Waals surface area contributed by atoms with E-state index in [1.807, 2.05) is 35.2 Å². The Morgan fingerprint density at radius 2 is 1.93 bits per heavy atom. The minimum Gasteiger partial charge on any atom is -0.352 e. The number of nitrogens with zero attached hydrogens (tertiary/aromatic N) is 4. The van der Waals surface area contributed by atoms with Gasteiger partial charge in [0.25, 0.3) is 0 Å². The van der Waals surface area contributed by atoms with Crippen molar-refractivity contribution in [1.29, 1.82) is 0 Å². The summed E-state index contributed by atoms with van der Waals surface area (Å²) in [5.74, 6) is 1.01. The maximum Gasteiger partial charge on any atom is 0.246 e. The zero-order valence-electron chi connectivity index (χ0n) is 15.6. The van der Waals surface area contributed by atoms with Crippen LogP contribution in [-0.2, 0) is 11.2 Å². The fourth-order valence-corrected chi connectivity index (χ4v) is 4.36. The molecule has 0 N–H and O–H groups in total. The van der Waals surface area contributed by atoms with Crippen LogP contribution in [-0.4, -0.2) is 47.0 Å². The molecule has 0 radical (unpaired) electrons. The van der Waals surface area contributed by atoms with Crippen molar-refractivity contribution in [3.8, 4) is 0 Å². The van der Waals surface area contributed by atoms with Crippen LogP contribution < -0.4 is 4.90 Å². The molecule has 3 heterocycles. The van der Waals surface area contributed by atoms with Gasteiger partial charge in [0.15, 0.2) is 0 Å². The number of carbonyl (C=O) groups excluding carboxylic acids is 1. The summed E-state index contributed by atoms with van der Waals surface area (Å²) in [5.41, 5.74) is 0.962. The van der Waals surface area contributed by atoms with Gasteiger partial charge >= 0.3 is 0 Å². The van der Waals surface area contributed by atoms with Crippen LogP contribution in [0.4, 0.5) is 5.82 Å². The van der Waals surface area contributed by atoms with Crippen molar-refractivity contribution in [2.75, 3.05) is 31.1 Å². The van der Waals surface area contributed by atoms with E-state index in [0.29, 0.717) is 18.1 Å². The Hall–Kier alpha value is -2.44. The summed E-state index contributed by atoms with van der Waals surface area (Å²) in [7, 11) is 0. The highest BCUT2D eigenvalue weighted by molar-refractivity contribution is 7.18. The number of hydrogen-bond acceptors (Lipinski definition) is 5. The molecule has 1 amide bonds. The van der Waals surface area contributed by atoms with Gasteiger partial charge in [-0.2, -0.15) is 0 Å². The third-order valence-electron chi connectivity index (χ3n) is 4.89. The fourth-order valence-electron chi connectivity index (χ4n) is 3.30. The zero-order chi connectivity index (χ0) is 19.5. The molecule has 144 valence electrons. The molecular formula is C21H21ClN4OS. The summed E-state index contributed by atoms with van der Waals surface area (Å²) < 4.78 is 0. The zero-order valence-corrected chi connectivity index (χ0v) is 17.2. The van der Waals surface area contributed by atoms with E-state index in [2.05, 4.69) is 27.9 Å². The lowest BCUT2D eigenvalue weighted by atomic mass is 10.2. The Kier molecular flexibility index (Phi) is 5.59. The number of halogens is 1. The third-order valence-corrected chi connectivity index (χ3v) is 6.33. The van der Waals surface area contributed by atoms with Gasteiger partial charge in [-0.25, -0.2) is 9.97 Å². The Balaban J connectivity index is 1.41. The van der Waals surface area contributed by atoms with E-state index < -0.39 is 0 Å². The first-order valence-electron chi connectivity index (χ1n) is 9.35. The third kappa shape index (κ3) is 4.03. The van der Waals surface area contributed by atoms with E-state index in [0.717, 1.165) is 41.1 Å². The van der Waals surface area contributed by atoms with Gasteiger partial charge in [0.1, 0.15) is 17.0 Å². The Morgan fingerprint density at radius 1 is 1.18 bits per heavy atom. The van der Waals surface area contributed by atoms with Gasteiger partial charge in [-0.3, -0.25) is 4.79 Å². The standard InChI is InChI=1S/C21H21ClN4OS/c1-2-17-13-18-20(23-14-24-21(18)28-17)26-11-9-25(10-12-26)19(27)8-5-15-3-6-16(22)7-4-15/h3-8,13-14H,2,9-12H2,1H3/b8-5+. The normalized spacial score (nSPS) is 14.9. The molecule has 2 aromatic heterocycles. The van der Waals surface area contributed by atoms with Crippen LogP contribution in [0.25, 0.3) is 16.3 Å². The molecular weight excluding hydrogens is 392 g/mol. The van der Waals surface area contributed by atoms with Crippen molar-refractivity contribution in [2.24, 2.45) is 0 Å². The maximum atomic E-state index is 12.5. The number of fused-ring (bicyclic) bond motifs is 1. The van der Waals surface area contributed by atoms with Crippen molar-refractivity contribution in [2.45, 2.75) is 13.3 Å². The smallest absolute Gasteiger partial charge is 0.246 e. The van der Waals surface area contributed by atoms with Gasteiger partial charge in [-0.15, -0.1) is 11.3 Å². The van der Waals surface area contributed by atoms with Crippen LogP contribution >= 0.6 is 22.9 Å². The van der Waals surface area contributed by atoms with Gasteiger partial charge in [-0.1, -0.05) is 30.7 Å². The van der Waals surface area contributed by atoms with Crippen LogP contribution in [0.5, 0.6) is 0 Å². The second kappa shape index (κ2) is 8.29. The molecule has 28 heavy (non-hydrogen) atoms. The summed E-state index contributed by atoms with van der Waals surface area (Å²) in [6, 6.07) is 9.63. The SMILES string of the molecule is CCc1cc2c(N3CCN(C(=O)/C=C/c4ccc(Cl)cc4)CC3)ncnc2s1. The highest BCUT2D eigenvalue weighted by Gasteiger charge is 2.22. The van der Waals surface area contributed by atoms with E-state index in [1.54, 1.807) is 23.7 Å². The van der Waals surface area contributed by atoms with Crippen molar-refractivity contribution in [1.82, 2.24) is 14.9 Å². The van der Waals surface area contributed by atoms with Gasteiger partial charge < -0.3 is 9.80 Å². The number of piperazine rings is 1. The number of carbonyl (C=O) groups is 1. The van der Waals surface area contributed by atoms with E-state index >= 15 is 0 Å². The van der Waals surface area contributed by atoms with E-state index in [1.165, 1.54) is 4.88 Å². The number of anilines is 1. The second-order valence-corrected chi connectivity index (χ2v) is 8.23. The van der Waals surface area contributed by atoms with Crippen molar-refractivity contribution in [3.63, 3.8) is 0 Å². The maximum absolute atomic E-state index is 12.5. The molecule has 1 aliphatic heterocycles. The summed E-state index contributed by atoms with van der Waals surface area (Å²) in [4.78, 5) is 27.9. The lowest BCUT2D eigenvalue weighted by Crippen LogP contribution is -2.48. The van der Waals surface area contributed by atoms with Gasteiger partial charge in [0.05, 0.1) is 5.39 Å². The summed E-state index contributed by atoms with van der Waals surface area (Å²) in [5, 5.41) is 1.81. The van der Waals surface area contributed by atoms with Crippen LogP contribution in [0.2, 0.25) is 5.02 Å². The first-order valence-corrected chi connectivity index (χ1v) is 10.5. The predicted octanol–water partition coefficient (Wildman–Crippen LogP) is 4.27. The Bertz CT molecular complexity index is 1010. The van der Waals surface area contributed by atoms with Crippen LogP contribution in [0.15, 0.2) is 42.7 Å². The molecule has 0 atom stereocenters. The molecule has 0 unspecified atom stereocenters. The molecule has 0 bridgehead atoms. The van der Waals surface area contributed by atoms with Crippen LogP contribution in [0, 0.1) is 0 Å². The number of hydrogen-bond donors (Lipinski definition) is 0. The number of aryl methyl sites for hydroxylation is 1. The number of benzene rings is 1. The Morgan fingerprint density at radius 3 is 2.64 bits per heavy atom. The lowest BCUT2D eigenvalue weighted by Gasteiger charge is -2.35. The molecule has 1 aromatic carbocycles. The molecule has 1 fully saturated rings. The molecule has 5 nitrogen and oxygen atoms in total. The molecule has 3 aromatic rings. The van der Waals surface area contributed by atoms with E-state index in [4.69, 9.17) is 11.6 Å². The summed E-state index contributed by atoms with van der Waals surface area (Å²) >= 11 is 7.62. The fraction of sp³-hybridized carbons (Fsp3) is 0.286. The minimum atomic E-state index is 0.0336. The van der Waals surface area contributed by atoms with Crippen LogP contribution in [0.3, 0.4) is 0 Å². The molecule has 0 saturated carbocycles. The molecule has 0 aliphatic carbocycles. The molecule has 7 heteroatoms. The number of aromatic nitrogens is 2. The quantitative estimate of drug-likeness (QED) is 0.600. The lowest BCUT2D eigenvalue weighted by molar-refractivity contribution is -0.126. The highest BCUT2D eigenvalue weighted by Crippen LogP contribution is 2.30. The van der Waals surface area contributed by atoms with Gasteiger partial charge in [0, 0.05) is 42.2 Å². The Labute approximate surface area is 173 Å². The molecule has 4 rings (SSSR count). The molecule has 1 saturated heterocycles. The predicted molar refractivity (Wildman–Crippen MR) is 116 cm³/mol. The monoisotopic (exact) mass is 412 g/mol. The van der Waals surface area contributed by atoms with Gasteiger partial charge in [-0.05, 0) is 36.3 Å². The molecule has 1 aliphatic rings. The van der Waals surface area contributed by atoms with E-state index in [-0.39, 0.29) is 5.91 Å². The van der Waals surface area contributed by atoms with E-state index in [9.17, 15) is 4.79 Å². The van der Waals surface area contributed by atoms with Crippen molar-refractivity contribution in [3.05, 3.63) is 58.2 Å². The number of amides is 1. The summed E-state index contributed by atoms with van der Waals surface area (Å²) in [6.45, 7) is 5.05. The average Bonchev–Trinajstić information content (AvgIpc) is 3.17. The highest BCUT2D eigenvalue weighted by atomic mass is 35.5. The topological polar surface area (TPSA) is 49.3 Å². The first-order chi connectivity index (χ1) is 13.6. The number of thiophene rings is 1. The summed E-state index contributed by atoms with van der Waals surface area (Å²) in [6.07, 6.45) is 6.10. The minimum absolute atomic E-state index is 0.0336. The average molecular weight is 413 g/mol. The van der Waals surface area contributed by atoms with Crippen molar-refractivity contribution < 1.29 is 4.79 Å². The number of rotatable bonds is 4. The van der Waals surface area contributed by atoms with Crippen molar-refractivity contribution >= 4 is 51.0 Å². The van der Waals surface area contributed by atoms with Crippen LogP contribution in [0.1, 0.15) is 17.4 Å². The first kappa shape index (κ1) is 18.9. The molecule has 0 spiro atoms.